The molecule has 1 aromatic carbocycles. The molecule has 1 fully saturated rings. The van der Waals surface area contributed by atoms with Gasteiger partial charge in [0.05, 0.1) is 4.90 Å². The molecule has 1 atom stereocenters. The molecule has 0 bridgehead atoms. The molecule has 1 heterocycles. The molecule has 1 unspecified atom stereocenters. The molecule has 1 amide bonds. The van der Waals surface area contributed by atoms with E-state index < -0.39 is 27.0 Å². The van der Waals surface area contributed by atoms with E-state index in [1.54, 1.807) is 11.8 Å². The molecule has 27 heavy (non-hydrogen) atoms. The number of hydrogen-bond donors (Lipinski definition) is 1. The third-order valence-electron chi connectivity index (χ3n) is 4.63. The van der Waals surface area contributed by atoms with E-state index in [4.69, 9.17) is 4.74 Å². The monoisotopic (exact) mass is 393 g/mol. The van der Waals surface area contributed by atoms with Crippen molar-refractivity contribution in [3.63, 3.8) is 0 Å². The summed E-state index contributed by atoms with van der Waals surface area (Å²) in [5, 5.41) is 8.06. The zero-order chi connectivity index (χ0) is 20.0. The molecule has 0 spiro atoms. The second kappa shape index (κ2) is 8.91. The molecule has 2 rings (SSSR count). The summed E-state index contributed by atoms with van der Waals surface area (Å²) in [7, 11) is -4.07. The minimum absolute atomic E-state index is 0.0576. The van der Waals surface area contributed by atoms with Crippen LogP contribution in [0, 0.1) is 17.8 Å². The van der Waals surface area contributed by atoms with E-state index >= 15 is 0 Å². The lowest BCUT2D eigenvalue weighted by Crippen LogP contribution is -2.45. The van der Waals surface area contributed by atoms with Crippen LogP contribution in [0.3, 0.4) is 0 Å². The Morgan fingerprint density at radius 1 is 1.26 bits per heavy atom. The largest absolute Gasteiger partial charge is 0.481 e. The number of piperidine rings is 1. The van der Waals surface area contributed by atoms with Gasteiger partial charge in [-0.2, -0.15) is 0 Å². The smallest absolute Gasteiger partial charge is 0.322 e. The molecule has 1 saturated heterocycles. The molecular weight excluding hydrogens is 370 g/mol. The number of hydrogen-bond acceptors (Lipinski definition) is 5. The molecule has 0 aromatic heterocycles. The summed E-state index contributed by atoms with van der Waals surface area (Å²) in [6.45, 7) is 4.05. The first-order chi connectivity index (χ1) is 12.8. The van der Waals surface area contributed by atoms with Crippen LogP contribution in [0.2, 0.25) is 0 Å². The highest BCUT2D eigenvalue weighted by Crippen LogP contribution is 2.30. The first kappa shape index (κ1) is 20.8. The predicted molar refractivity (Wildman–Crippen MR) is 99.0 cm³/mol. The maximum Gasteiger partial charge on any atom is 0.322 e. The van der Waals surface area contributed by atoms with Crippen LogP contribution in [0.1, 0.15) is 26.7 Å². The van der Waals surface area contributed by atoms with Gasteiger partial charge in [0.1, 0.15) is 12.4 Å². The summed E-state index contributed by atoms with van der Waals surface area (Å²) in [5.41, 5.74) is 0. The molecule has 0 saturated carbocycles. The number of carboxylic acids is 1. The summed E-state index contributed by atoms with van der Waals surface area (Å²) < 4.78 is 31.2. The van der Waals surface area contributed by atoms with Crippen molar-refractivity contribution in [3.8, 4) is 17.6 Å². The van der Waals surface area contributed by atoms with Crippen molar-refractivity contribution in [1.82, 2.24) is 4.90 Å². The average molecular weight is 393 g/mol. The van der Waals surface area contributed by atoms with Crippen LogP contribution >= 0.6 is 0 Å². The van der Waals surface area contributed by atoms with Crippen molar-refractivity contribution in [1.29, 1.82) is 0 Å². The van der Waals surface area contributed by atoms with Gasteiger partial charge in [0, 0.05) is 20.0 Å². The number of carbonyl (C=O) groups is 2. The summed E-state index contributed by atoms with van der Waals surface area (Å²) >= 11 is 0. The minimum Gasteiger partial charge on any atom is -0.481 e. The second-order valence-corrected chi connectivity index (χ2v) is 8.40. The Hall–Kier alpha value is -2.53. The van der Waals surface area contributed by atoms with Crippen LogP contribution in [0.25, 0.3) is 0 Å². The zero-order valence-corrected chi connectivity index (χ0v) is 16.2. The van der Waals surface area contributed by atoms with E-state index in [0.29, 0.717) is 31.7 Å². The highest BCUT2D eigenvalue weighted by Gasteiger charge is 2.42. The Kier molecular flexibility index (Phi) is 6.86. The molecule has 0 aliphatic carbocycles. The van der Waals surface area contributed by atoms with Gasteiger partial charge < -0.3 is 14.7 Å². The maximum absolute atomic E-state index is 12.9. The van der Waals surface area contributed by atoms with Gasteiger partial charge in [-0.25, -0.2) is 8.42 Å². The van der Waals surface area contributed by atoms with Crippen LogP contribution in [0.15, 0.2) is 29.2 Å². The van der Waals surface area contributed by atoms with Crippen LogP contribution < -0.4 is 4.74 Å². The van der Waals surface area contributed by atoms with E-state index in [0.717, 1.165) is 0 Å². The Bertz CT molecular complexity index is 842. The number of rotatable bonds is 6. The van der Waals surface area contributed by atoms with Gasteiger partial charge in [0.15, 0.2) is 15.1 Å². The van der Waals surface area contributed by atoms with Crippen molar-refractivity contribution in [2.24, 2.45) is 5.92 Å². The minimum atomic E-state index is -4.07. The third-order valence-corrected chi connectivity index (χ3v) is 6.82. The molecule has 0 radical (unpaired) electrons. The fraction of sp³-hybridized carbons (Fsp3) is 0.474. The topological polar surface area (TPSA) is 101 Å². The second-order valence-electron chi connectivity index (χ2n) is 6.33. The van der Waals surface area contributed by atoms with Gasteiger partial charge in [-0.05, 0) is 49.9 Å². The van der Waals surface area contributed by atoms with E-state index in [9.17, 15) is 23.1 Å². The molecule has 1 N–H and O–H groups in total. The van der Waals surface area contributed by atoms with Gasteiger partial charge >= 0.3 is 5.97 Å². The van der Waals surface area contributed by atoms with Gasteiger partial charge in [-0.15, -0.1) is 5.92 Å². The van der Waals surface area contributed by atoms with Crippen LogP contribution in [0.5, 0.6) is 5.75 Å². The lowest BCUT2D eigenvalue weighted by atomic mass is 9.93. The molecule has 1 aliphatic rings. The van der Waals surface area contributed by atoms with Crippen molar-refractivity contribution in [3.05, 3.63) is 24.3 Å². The first-order valence-electron chi connectivity index (χ1n) is 8.62. The van der Waals surface area contributed by atoms with Crippen molar-refractivity contribution >= 4 is 21.7 Å². The maximum atomic E-state index is 12.9. The zero-order valence-electron chi connectivity index (χ0n) is 15.3. The Balaban J connectivity index is 2.19. The Morgan fingerprint density at radius 3 is 2.33 bits per heavy atom. The van der Waals surface area contributed by atoms with Crippen molar-refractivity contribution < 1.29 is 27.9 Å². The SMILES string of the molecule is CC#CCOc1ccc(S(=O)(=O)C(C(=O)O)C2CCN(C(C)=O)CC2)cc1. The molecule has 146 valence electrons. The number of likely N-dealkylation sites (tertiary alicyclic amines) is 1. The molecular formula is C19H23NO6S. The van der Waals surface area contributed by atoms with Crippen molar-refractivity contribution in [2.75, 3.05) is 19.7 Å². The number of ether oxygens (including phenoxy) is 1. The van der Waals surface area contributed by atoms with Gasteiger partial charge in [0.2, 0.25) is 5.91 Å². The predicted octanol–water partition coefficient (Wildman–Crippen LogP) is 1.57. The van der Waals surface area contributed by atoms with E-state index in [1.807, 2.05) is 0 Å². The number of aliphatic carboxylic acids is 1. The third kappa shape index (κ3) is 5.01. The van der Waals surface area contributed by atoms with E-state index in [-0.39, 0.29) is 17.4 Å². The van der Waals surface area contributed by atoms with Crippen LogP contribution in [-0.4, -0.2) is 55.2 Å². The highest BCUT2D eigenvalue weighted by atomic mass is 32.2. The van der Waals surface area contributed by atoms with Crippen LogP contribution in [0.4, 0.5) is 0 Å². The molecule has 1 aromatic rings. The molecule has 1 aliphatic heterocycles. The quantitative estimate of drug-likeness (QED) is 0.737. The Labute approximate surface area is 159 Å². The van der Waals surface area contributed by atoms with Crippen molar-refractivity contribution in [2.45, 2.75) is 36.8 Å². The summed E-state index contributed by atoms with van der Waals surface area (Å²) in [6.07, 6.45) is 0.680. The number of nitrogens with zero attached hydrogens (tertiary/aromatic N) is 1. The van der Waals surface area contributed by atoms with E-state index in [2.05, 4.69) is 11.8 Å². The van der Waals surface area contributed by atoms with E-state index in [1.165, 1.54) is 31.2 Å². The van der Waals surface area contributed by atoms with Gasteiger partial charge in [0.25, 0.3) is 0 Å². The van der Waals surface area contributed by atoms with Gasteiger partial charge in [-0.1, -0.05) is 5.92 Å². The lowest BCUT2D eigenvalue weighted by molar-refractivity contribution is -0.138. The number of benzene rings is 1. The lowest BCUT2D eigenvalue weighted by Gasteiger charge is -2.33. The number of amides is 1. The number of carbonyl (C=O) groups excluding carboxylic acids is 1. The molecule has 7 nitrogen and oxygen atoms in total. The highest BCUT2D eigenvalue weighted by molar-refractivity contribution is 7.92. The Morgan fingerprint density at radius 2 is 1.85 bits per heavy atom. The standard InChI is InChI=1S/C19H23NO6S/c1-3-4-13-26-16-5-7-17(8-6-16)27(24,25)18(19(22)23)15-9-11-20(12-10-15)14(2)21/h5-8,15,18H,9-13H2,1-2H3,(H,22,23). The van der Waals surface area contributed by atoms with Crippen LogP contribution in [-0.2, 0) is 19.4 Å². The number of sulfone groups is 1. The number of carboxylic acid groups (broad SMARTS) is 1. The normalized spacial score (nSPS) is 16.1. The first-order valence-corrected chi connectivity index (χ1v) is 10.2. The summed E-state index contributed by atoms with van der Waals surface area (Å²) in [5.74, 6) is 3.88. The van der Waals surface area contributed by atoms with Gasteiger partial charge in [-0.3, -0.25) is 9.59 Å². The summed E-state index contributed by atoms with van der Waals surface area (Å²) in [6, 6.07) is 5.68. The fourth-order valence-electron chi connectivity index (χ4n) is 3.17. The average Bonchev–Trinajstić information content (AvgIpc) is 2.62. The molecule has 8 heteroatoms. The summed E-state index contributed by atoms with van der Waals surface area (Å²) in [4.78, 5) is 24.7. The fourth-order valence-corrected chi connectivity index (χ4v) is 5.02.